The average molecular weight is 243 g/mol. The van der Waals surface area contributed by atoms with Crippen LogP contribution in [0.5, 0.6) is 0 Å². The molecule has 0 amide bonds. The molecule has 0 aromatic rings. The lowest BCUT2D eigenvalue weighted by Gasteiger charge is -2.32. The topological polar surface area (TPSA) is 29.4 Å². The highest BCUT2D eigenvalue weighted by molar-refractivity contribution is 7.93. The van der Waals surface area contributed by atoms with Gasteiger partial charge in [-0.05, 0) is 23.2 Å². The Bertz CT molecular complexity index is 387. The molecule has 0 bridgehead atoms. The first-order valence-electron chi connectivity index (χ1n) is 5.87. The molecule has 1 rings (SSSR count). The third-order valence-electron chi connectivity index (χ3n) is 3.61. The van der Waals surface area contributed by atoms with Crippen molar-refractivity contribution < 1.29 is 4.21 Å². The molecule has 1 saturated heterocycles. The molecule has 94 valence electrons. The van der Waals surface area contributed by atoms with Gasteiger partial charge in [0.1, 0.15) is 0 Å². The number of allylic oxidation sites excluding steroid dienone is 1. The standard InChI is InChI=1S/C13H25NOS/c1-7-11-8-12(2,3)9-16(15,14-6)10-13(11,4)5/h7,11H,1,8-10H2,2-6H3. The predicted molar refractivity (Wildman–Crippen MR) is 72.1 cm³/mol. The van der Waals surface area contributed by atoms with Crippen LogP contribution in [-0.4, -0.2) is 22.8 Å². The van der Waals surface area contributed by atoms with E-state index in [0.29, 0.717) is 17.4 Å². The van der Waals surface area contributed by atoms with Crippen molar-refractivity contribution in [2.24, 2.45) is 21.1 Å². The first kappa shape index (κ1) is 13.8. The van der Waals surface area contributed by atoms with Gasteiger partial charge in [-0.3, -0.25) is 0 Å². The van der Waals surface area contributed by atoms with Crippen LogP contribution in [0.3, 0.4) is 0 Å². The largest absolute Gasteiger partial charge is 0.250 e. The van der Waals surface area contributed by atoms with Crippen molar-refractivity contribution in [3.63, 3.8) is 0 Å². The highest BCUT2D eigenvalue weighted by Crippen LogP contribution is 2.43. The van der Waals surface area contributed by atoms with Gasteiger partial charge in [0.25, 0.3) is 0 Å². The molecule has 0 aromatic carbocycles. The first-order valence-corrected chi connectivity index (χ1v) is 7.73. The summed E-state index contributed by atoms with van der Waals surface area (Å²) in [6.45, 7) is 12.7. The van der Waals surface area contributed by atoms with E-state index in [1.807, 2.05) is 6.08 Å². The fourth-order valence-corrected chi connectivity index (χ4v) is 5.89. The molecule has 3 heteroatoms. The average Bonchev–Trinajstić information content (AvgIpc) is 2.18. The quantitative estimate of drug-likeness (QED) is 0.649. The van der Waals surface area contributed by atoms with Crippen LogP contribution in [0.1, 0.15) is 34.1 Å². The monoisotopic (exact) mass is 243 g/mol. The molecule has 2 unspecified atom stereocenters. The van der Waals surface area contributed by atoms with Gasteiger partial charge in [0.05, 0.1) is 0 Å². The van der Waals surface area contributed by atoms with Crippen LogP contribution in [0.25, 0.3) is 0 Å². The molecule has 1 aliphatic heterocycles. The molecule has 0 aliphatic carbocycles. The first-order chi connectivity index (χ1) is 7.14. The van der Waals surface area contributed by atoms with E-state index >= 15 is 0 Å². The Morgan fingerprint density at radius 2 is 1.88 bits per heavy atom. The molecular formula is C13H25NOS. The highest BCUT2D eigenvalue weighted by Gasteiger charge is 2.40. The normalized spacial score (nSPS) is 37.4. The SMILES string of the molecule is C=CC1CC(C)(C)CS(=O)(=NC)CC1(C)C. The molecule has 1 heterocycles. The van der Waals surface area contributed by atoms with E-state index in [0.717, 1.165) is 6.42 Å². The Balaban J connectivity index is 3.23. The van der Waals surface area contributed by atoms with Crippen molar-refractivity contribution in [1.29, 1.82) is 0 Å². The summed E-state index contributed by atoms with van der Waals surface area (Å²) in [5.41, 5.74) is 0.120. The summed E-state index contributed by atoms with van der Waals surface area (Å²) in [5, 5.41) is 0. The van der Waals surface area contributed by atoms with E-state index in [1.54, 1.807) is 7.05 Å². The van der Waals surface area contributed by atoms with E-state index < -0.39 is 9.73 Å². The van der Waals surface area contributed by atoms with E-state index in [9.17, 15) is 4.21 Å². The second kappa shape index (κ2) is 4.17. The predicted octanol–water partition coefficient (Wildman–Crippen LogP) is 3.34. The number of hydrogen-bond donors (Lipinski definition) is 0. The van der Waals surface area contributed by atoms with Gasteiger partial charge < -0.3 is 0 Å². The van der Waals surface area contributed by atoms with Crippen LogP contribution in [0.15, 0.2) is 17.0 Å². The Morgan fingerprint density at radius 1 is 1.31 bits per heavy atom. The van der Waals surface area contributed by atoms with Gasteiger partial charge in [0.15, 0.2) is 0 Å². The summed E-state index contributed by atoms with van der Waals surface area (Å²) in [5.74, 6) is 1.83. The minimum atomic E-state index is -2.05. The molecule has 1 aliphatic rings. The van der Waals surface area contributed by atoms with Crippen molar-refractivity contribution in [2.75, 3.05) is 18.6 Å². The molecule has 1 fully saturated rings. The molecule has 2 atom stereocenters. The van der Waals surface area contributed by atoms with Gasteiger partial charge in [-0.2, -0.15) is 0 Å². The molecular weight excluding hydrogens is 218 g/mol. The number of nitrogens with zero attached hydrogens (tertiary/aromatic N) is 1. The van der Waals surface area contributed by atoms with E-state index in [1.165, 1.54) is 0 Å². The van der Waals surface area contributed by atoms with Gasteiger partial charge in [-0.1, -0.05) is 33.8 Å². The summed E-state index contributed by atoms with van der Waals surface area (Å²) >= 11 is 0. The number of hydrogen-bond acceptors (Lipinski definition) is 2. The van der Waals surface area contributed by atoms with Gasteiger partial charge in [-0.25, -0.2) is 8.57 Å². The van der Waals surface area contributed by atoms with Gasteiger partial charge in [-0.15, -0.1) is 6.58 Å². The highest BCUT2D eigenvalue weighted by atomic mass is 32.2. The van der Waals surface area contributed by atoms with Gasteiger partial charge >= 0.3 is 0 Å². The Morgan fingerprint density at radius 3 is 2.31 bits per heavy atom. The lowest BCUT2D eigenvalue weighted by molar-refractivity contribution is 0.224. The summed E-state index contributed by atoms with van der Waals surface area (Å²) in [4.78, 5) is 0. The third-order valence-corrected chi connectivity index (χ3v) is 6.70. The Labute approximate surface area is 101 Å². The Hall–Kier alpha value is -0.310. The summed E-state index contributed by atoms with van der Waals surface area (Å²) in [6, 6.07) is 0. The minimum absolute atomic E-state index is 0.0338. The maximum atomic E-state index is 12.7. The lowest BCUT2D eigenvalue weighted by Crippen LogP contribution is -2.28. The lowest BCUT2D eigenvalue weighted by atomic mass is 9.72. The maximum absolute atomic E-state index is 12.7. The molecule has 0 radical (unpaired) electrons. The zero-order valence-electron chi connectivity index (χ0n) is 11.2. The molecule has 0 saturated carbocycles. The number of rotatable bonds is 1. The maximum Gasteiger partial charge on any atom is 0.0475 e. The van der Waals surface area contributed by atoms with Crippen LogP contribution in [0, 0.1) is 16.7 Å². The van der Waals surface area contributed by atoms with E-state index in [4.69, 9.17) is 0 Å². The molecule has 0 aromatic heterocycles. The minimum Gasteiger partial charge on any atom is -0.250 e. The smallest absolute Gasteiger partial charge is 0.0475 e. The second-order valence-corrected chi connectivity index (χ2v) is 8.93. The van der Waals surface area contributed by atoms with Crippen molar-refractivity contribution in [3.05, 3.63) is 12.7 Å². The molecule has 0 spiro atoms. The van der Waals surface area contributed by atoms with Crippen molar-refractivity contribution >= 4 is 9.73 Å². The second-order valence-electron chi connectivity index (χ2n) is 6.44. The molecule has 2 nitrogen and oxygen atoms in total. The summed E-state index contributed by atoms with van der Waals surface area (Å²) in [7, 11) is -0.348. The van der Waals surface area contributed by atoms with Crippen LogP contribution >= 0.6 is 0 Å². The van der Waals surface area contributed by atoms with Crippen molar-refractivity contribution in [1.82, 2.24) is 0 Å². The third kappa shape index (κ3) is 2.88. The van der Waals surface area contributed by atoms with Crippen molar-refractivity contribution in [2.45, 2.75) is 34.1 Å². The van der Waals surface area contributed by atoms with Gasteiger partial charge in [0.2, 0.25) is 0 Å². The van der Waals surface area contributed by atoms with Crippen LogP contribution in [0.2, 0.25) is 0 Å². The fraction of sp³-hybridized carbons (Fsp3) is 0.846. The summed E-state index contributed by atoms with van der Waals surface area (Å²) < 4.78 is 16.9. The van der Waals surface area contributed by atoms with E-state index in [2.05, 4.69) is 38.6 Å². The van der Waals surface area contributed by atoms with E-state index in [-0.39, 0.29) is 10.8 Å². The fourth-order valence-electron chi connectivity index (χ4n) is 2.81. The van der Waals surface area contributed by atoms with Crippen LogP contribution < -0.4 is 0 Å². The zero-order valence-corrected chi connectivity index (χ0v) is 12.1. The van der Waals surface area contributed by atoms with Crippen LogP contribution in [-0.2, 0) is 9.73 Å². The zero-order chi connectivity index (χ0) is 12.6. The van der Waals surface area contributed by atoms with Crippen molar-refractivity contribution in [3.8, 4) is 0 Å². The van der Waals surface area contributed by atoms with Gasteiger partial charge in [0, 0.05) is 28.3 Å². The summed E-state index contributed by atoms with van der Waals surface area (Å²) in [6.07, 6.45) is 3.08. The Kier molecular flexibility index (Phi) is 3.59. The molecule has 16 heavy (non-hydrogen) atoms. The van der Waals surface area contributed by atoms with Crippen LogP contribution in [0.4, 0.5) is 0 Å². The molecule has 0 N–H and O–H groups in total.